The number of anilines is 2. The Labute approximate surface area is 183 Å². The Hall–Kier alpha value is -2.64. The van der Waals surface area contributed by atoms with Crippen molar-refractivity contribution >= 4 is 45.9 Å². The molecular weight excluding hydrogens is 414 g/mol. The van der Waals surface area contributed by atoms with E-state index >= 15 is 0 Å². The van der Waals surface area contributed by atoms with Crippen LogP contribution in [0.5, 0.6) is 0 Å². The monoisotopic (exact) mass is 437 g/mol. The molecule has 1 aromatic carbocycles. The van der Waals surface area contributed by atoms with Crippen molar-refractivity contribution in [3.63, 3.8) is 0 Å². The molecule has 1 atom stereocenters. The Morgan fingerprint density at radius 3 is 2.67 bits per heavy atom. The van der Waals surface area contributed by atoms with Gasteiger partial charge in [-0.15, -0.1) is 22.7 Å². The molecule has 1 fully saturated rings. The predicted octanol–water partition coefficient (Wildman–Crippen LogP) is 4.62. The third-order valence-corrected chi connectivity index (χ3v) is 7.74. The molecule has 30 heavy (non-hydrogen) atoms. The standard InChI is InChI=1S/C23H23N3O2S2/c27-22(19-3-1-11-26(19)23(28)21-4-2-13-29-21)24-17-5-7-18(8-6-17)25-12-9-20-16(15-25)10-14-30-20/h2,4-8,10,13-14,19H,1,3,9,11-12,15H2,(H,24,27)/t19-/m0/s1. The van der Waals surface area contributed by atoms with E-state index < -0.39 is 6.04 Å². The molecule has 0 spiro atoms. The number of hydrogen-bond acceptors (Lipinski definition) is 5. The molecule has 0 aliphatic carbocycles. The Kier molecular flexibility index (Phi) is 5.31. The fraction of sp³-hybridized carbons (Fsp3) is 0.304. The van der Waals surface area contributed by atoms with Crippen LogP contribution in [0.25, 0.3) is 0 Å². The lowest BCUT2D eigenvalue weighted by Crippen LogP contribution is -2.42. The number of fused-ring (bicyclic) bond motifs is 1. The minimum atomic E-state index is -0.404. The van der Waals surface area contributed by atoms with E-state index in [9.17, 15) is 9.59 Å². The van der Waals surface area contributed by atoms with Crippen molar-refractivity contribution in [1.29, 1.82) is 0 Å². The SMILES string of the molecule is O=C(Nc1ccc(N2CCc3sccc3C2)cc1)[C@@H]1CCCN1C(=O)c1cccs1. The van der Waals surface area contributed by atoms with Crippen LogP contribution in [-0.4, -0.2) is 35.8 Å². The zero-order valence-electron chi connectivity index (χ0n) is 16.5. The summed E-state index contributed by atoms with van der Waals surface area (Å²) in [5, 5.41) is 7.07. The highest BCUT2D eigenvalue weighted by Crippen LogP contribution is 2.29. The number of likely N-dealkylation sites (tertiary alicyclic amines) is 1. The van der Waals surface area contributed by atoms with Gasteiger partial charge in [0.15, 0.2) is 0 Å². The molecule has 0 unspecified atom stereocenters. The third kappa shape index (κ3) is 3.75. The molecule has 5 rings (SSSR count). The number of carbonyl (C=O) groups excluding carboxylic acids is 2. The van der Waals surface area contributed by atoms with E-state index in [4.69, 9.17) is 0 Å². The zero-order chi connectivity index (χ0) is 20.5. The van der Waals surface area contributed by atoms with Gasteiger partial charge >= 0.3 is 0 Å². The number of amides is 2. The molecule has 7 heteroatoms. The highest BCUT2D eigenvalue weighted by atomic mass is 32.1. The molecule has 0 radical (unpaired) electrons. The summed E-state index contributed by atoms with van der Waals surface area (Å²) in [7, 11) is 0. The van der Waals surface area contributed by atoms with Crippen LogP contribution in [0.15, 0.2) is 53.2 Å². The van der Waals surface area contributed by atoms with E-state index in [1.807, 2.05) is 41.0 Å². The van der Waals surface area contributed by atoms with Gasteiger partial charge in [0.1, 0.15) is 6.04 Å². The normalized spacial score (nSPS) is 18.3. The molecule has 5 nitrogen and oxygen atoms in total. The van der Waals surface area contributed by atoms with E-state index in [0.717, 1.165) is 31.6 Å². The maximum absolute atomic E-state index is 12.9. The molecule has 2 amide bonds. The van der Waals surface area contributed by atoms with Gasteiger partial charge in [-0.25, -0.2) is 0 Å². The van der Waals surface area contributed by atoms with Crippen LogP contribution in [0.3, 0.4) is 0 Å². The molecule has 1 N–H and O–H groups in total. The average molecular weight is 438 g/mol. The minimum absolute atomic E-state index is 0.0455. The summed E-state index contributed by atoms with van der Waals surface area (Å²) in [6.07, 6.45) is 2.65. The average Bonchev–Trinajstić information content (AvgIpc) is 3.54. The third-order valence-electron chi connectivity index (χ3n) is 5.86. The molecule has 2 aromatic heterocycles. The van der Waals surface area contributed by atoms with Crippen molar-refractivity contribution in [3.8, 4) is 0 Å². The Balaban J connectivity index is 1.23. The van der Waals surface area contributed by atoms with Crippen LogP contribution in [0.1, 0.15) is 33.0 Å². The van der Waals surface area contributed by atoms with E-state index in [1.165, 1.54) is 27.5 Å². The van der Waals surface area contributed by atoms with E-state index in [1.54, 1.807) is 4.90 Å². The summed E-state index contributed by atoms with van der Waals surface area (Å²) in [5.74, 6) is -0.151. The van der Waals surface area contributed by atoms with Gasteiger partial charge in [0.2, 0.25) is 5.91 Å². The van der Waals surface area contributed by atoms with Crippen LogP contribution in [0.4, 0.5) is 11.4 Å². The maximum Gasteiger partial charge on any atom is 0.264 e. The second-order valence-electron chi connectivity index (χ2n) is 7.71. The van der Waals surface area contributed by atoms with Gasteiger partial charge in [-0.05, 0) is 72.0 Å². The number of hydrogen-bond donors (Lipinski definition) is 1. The number of benzene rings is 1. The van der Waals surface area contributed by atoms with Gasteiger partial charge in [0, 0.05) is 35.9 Å². The van der Waals surface area contributed by atoms with Crippen LogP contribution >= 0.6 is 22.7 Å². The number of carbonyl (C=O) groups is 2. The van der Waals surface area contributed by atoms with Crippen LogP contribution in [0.2, 0.25) is 0 Å². The fourth-order valence-electron chi connectivity index (χ4n) is 4.27. The Morgan fingerprint density at radius 1 is 1.00 bits per heavy atom. The summed E-state index contributed by atoms with van der Waals surface area (Å²) in [6, 6.07) is 13.5. The largest absolute Gasteiger partial charge is 0.367 e. The molecule has 1 saturated heterocycles. The molecule has 4 heterocycles. The first-order chi connectivity index (χ1) is 14.7. The molecule has 2 aliphatic heterocycles. The number of rotatable bonds is 4. The van der Waals surface area contributed by atoms with Gasteiger partial charge in [0.05, 0.1) is 4.88 Å². The van der Waals surface area contributed by atoms with Gasteiger partial charge in [-0.1, -0.05) is 6.07 Å². The van der Waals surface area contributed by atoms with Crippen LogP contribution in [-0.2, 0) is 17.8 Å². The predicted molar refractivity (Wildman–Crippen MR) is 123 cm³/mol. The Bertz CT molecular complexity index is 1040. The van der Waals surface area contributed by atoms with E-state index in [2.05, 4.69) is 33.8 Å². The lowest BCUT2D eigenvalue weighted by atomic mass is 10.1. The summed E-state index contributed by atoms with van der Waals surface area (Å²) in [6.45, 7) is 2.58. The second kappa shape index (κ2) is 8.24. The van der Waals surface area contributed by atoms with E-state index in [-0.39, 0.29) is 11.8 Å². The first kappa shape index (κ1) is 19.3. The van der Waals surface area contributed by atoms with Gasteiger partial charge in [-0.2, -0.15) is 0 Å². The smallest absolute Gasteiger partial charge is 0.264 e. The lowest BCUT2D eigenvalue weighted by Gasteiger charge is -2.29. The number of nitrogens with zero attached hydrogens (tertiary/aromatic N) is 2. The topological polar surface area (TPSA) is 52.7 Å². The van der Waals surface area contributed by atoms with Crippen molar-refractivity contribution in [1.82, 2.24) is 4.90 Å². The van der Waals surface area contributed by atoms with Gasteiger partial charge < -0.3 is 15.1 Å². The van der Waals surface area contributed by atoms with Crippen molar-refractivity contribution < 1.29 is 9.59 Å². The summed E-state index contributed by atoms with van der Waals surface area (Å²) >= 11 is 3.26. The van der Waals surface area contributed by atoms with Gasteiger partial charge in [0.25, 0.3) is 5.91 Å². The fourth-order valence-corrected chi connectivity index (χ4v) is 5.84. The highest BCUT2D eigenvalue weighted by molar-refractivity contribution is 7.12. The molecule has 0 bridgehead atoms. The number of nitrogens with one attached hydrogen (secondary N) is 1. The van der Waals surface area contributed by atoms with Crippen molar-refractivity contribution in [3.05, 3.63) is 68.5 Å². The molecule has 0 saturated carbocycles. The number of thiophene rings is 2. The first-order valence-electron chi connectivity index (χ1n) is 10.2. The zero-order valence-corrected chi connectivity index (χ0v) is 18.2. The first-order valence-corrected chi connectivity index (χ1v) is 12.0. The van der Waals surface area contributed by atoms with Crippen LogP contribution < -0.4 is 10.2 Å². The van der Waals surface area contributed by atoms with Crippen molar-refractivity contribution in [2.75, 3.05) is 23.3 Å². The Morgan fingerprint density at radius 2 is 1.87 bits per heavy atom. The molecular formula is C23H23N3O2S2. The minimum Gasteiger partial charge on any atom is -0.367 e. The highest BCUT2D eigenvalue weighted by Gasteiger charge is 2.34. The quantitative estimate of drug-likeness (QED) is 0.648. The van der Waals surface area contributed by atoms with Crippen molar-refractivity contribution in [2.24, 2.45) is 0 Å². The molecule has 154 valence electrons. The maximum atomic E-state index is 12.9. The van der Waals surface area contributed by atoms with E-state index in [0.29, 0.717) is 17.8 Å². The van der Waals surface area contributed by atoms with Gasteiger partial charge in [-0.3, -0.25) is 9.59 Å². The summed E-state index contributed by atoms with van der Waals surface area (Å²) < 4.78 is 0. The second-order valence-corrected chi connectivity index (χ2v) is 9.66. The molecule has 2 aliphatic rings. The van der Waals surface area contributed by atoms with Crippen LogP contribution in [0, 0.1) is 0 Å². The summed E-state index contributed by atoms with van der Waals surface area (Å²) in [4.78, 5) is 31.9. The molecule has 3 aromatic rings. The van der Waals surface area contributed by atoms with Crippen molar-refractivity contribution in [2.45, 2.75) is 31.8 Å². The lowest BCUT2D eigenvalue weighted by molar-refractivity contribution is -0.119. The summed E-state index contributed by atoms with van der Waals surface area (Å²) in [5.41, 5.74) is 3.35.